The lowest BCUT2D eigenvalue weighted by molar-refractivity contribution is -0.934. The van der Waals surface area contributed by atoms with Crippen LogP contribution in [-0.2, 0) is 16.1 Å². The van der Waals surface area contributed by atoms with E-state index in [1.54, 1.807) is 6.21 Å². The summed E-state index contributed by atoms with van der Waals surface area (Å²) in [6, 6.07) is 27.4. The Morgan fingerprint density at radius 3 is 2.08 bits per heavy atom. The molecule has 1 aliphatic rings. The van der Waals surface area contributed by atoms with Gasteiger partial charge in [0, 0.05) is 11.3 Å². The lowest BCUT2D eigenvalue weighted by Gasteiger charge is -2.45. The molecule has 3 aromatic carbocycles. The van der Waals surface area contributed by atoms with E-state index in [-0.39, 0.29) is 5.97 Å². The number of anilines is 1. The SMILES string of the molecule is CC(C)(C)OC(=O)C[N+]1(Cc2ccccc2)CCN(c2ccc(-c3ccc(C=NN)cc3)cc2)CC1. The Morgan fingerprint density at radius 2 is 1.53 bits per heavy atom. The van der Waals surface area contributed by atoms with E-state index in [0.717, 1.165) is 43.9 Å². The summed E-state index contributed by atoms with van der Waals surface area (Å²) in [5.74, 6) is 5.12. The summed E-state index contributed by atoms with van der Waals surface area (Å²) in [6.07, 6.45) is 1.64. The molecule has 36 heavy (non-hydrogen) atoms. The molecule has 0 aromatic heterocycles. The van der Waals surface area contributed by atoms with Crippen molar-refractivity contribution in [3.8, 4) is 11.1 Å². The second kappa shape index (κ2) is 11.0. The van der Waals surface area contributed by atoms with Crippen molar-refractivity contribution in [3.05, 3.63) is 90.0 Å². The van der Waals surface area contributed by atoms with E-state index >= 15 is 0 Å². The van der Waals surface area contributed by atoms with Gasteiger partial charge in [0.05, 0.1) is 32.4 Å². The first-order valence-electron chi connectivity index (χ1n) is 12.5. The largest absolute Gasteiger partial charge is 0.456 e. The smallest absolute Gasteiger partial charge is 0.362 e. The minimum absolute atomic E-state index is 0.125. The van der Waals surface area contributed by atoms with Gasteiger partial charge in [-0.3, -0.25) is 0 Å². The Balaban J connectivity index is 1.45. The number of benzene rings is 3. The molecule has 6 heteroatoms. The van der Waals surface area contributed by atoms with E-state index in [1.165, 1.54) is 16.8 Å². The monoisotopic (exact) mass is 485 g/mol. The van der Waals surface area contributed by atoms with Gasteiger partial charge >= 0.3 is 5.97 Å². The van der Waals surface area contributed by atoms with Gasteiger partial charge in [-0.2, -0.15) is 5.10 Å². The van der Waals surface area contributed by atoms with Gasteiger partial charge < -0.3 is 20.0 Å². The number of esters is 1. The first-order valence-corrected chi connectivity index (χ1v) is 12.5. The predicted molar refractivity (Wildman–Crippen MR) is 147 cm³/mol. The molecule has 2 N–H and O–H groups in total. The number of rotatable bonds is 7. The first kappa shape index (κ1) is 25.5. The molecule has 0 aliphatic carbocycles. The third-order valence-corrected chi connectivity index (χ3v) is 6.63. The molecule has 0 bridgehead atoms. The Labute approximate surface area is 214 Å². The summed E-state index contributed by atoms with van der Waals surface area (Å²) < 4.78 is 6.42. The molecule has 1 aliphatic heterocycles. The standard InChI is InChI=1S/C30H37N4O2/c1-30(2,3)36-29(35)23-34(22-25-7-5-4-6-8-25)19-17-33(18-20-34)28-15-13-27(14-16-28)26-11-9-24(10-12-26)21-32-31/h4-16,21H,17-20,22-23,31H2,1-3H3/q+1. The fourth-order valence-corrected chi connectivity index (χ4v) is 4.85. The molecule has 0 spiro atoms. The number of nitrogens with two attached hydrogens (primary N) is 1. The van der Waals surface area contributed by atoms with Crippen LogP contribution in [0.2, 0.25) is 0 Å². The highest BCUT2D eigenvalue weighted by atomic mass is 16.6. The molecule has 0 saturated carbocycles. The van der Waals surface area contributed by atoms with Crippen molar-refractivity contribution in [2.75, 3.05) is 37.6 Å². The van der Waals surface area contributed by atoms with E-state index in [1.807, 2.05) is 39.0 Å². The Bertz CT molecular complexity index is 1160. The van der Waals surface area contributed by atoms with Gasteiger partial charge in [0.15, 0.2) is 6.54 Å². The minimum Gasteiger partial charge on any atom is -0.456 e. The number of hydrazone groups is 1. The molecule has 188 valence electrons. The van der Waals surface area contributed by atoms with Crippen molar-refractivity contribution in [2.24, 2.45) is 10.9 Å². The highest BCUT2D eigenvalue weighted by molar-refractivity contribution is 5.80. The van der Waals surface area contributed by atoms with Crippen molar-refractivity contribution in [1.82, 2.24) is 0 Å². The quantitative estimate of drug-likeness (QED) is 0.171. The second-order valence-corrected chi connectivity index (χ2v) is 10.6. The first-order chi connectivity index (χ1) is 17.3. The molecule has 1 fully saturated rings. The number of piperazine rings is 1. The summed E-state index contributed by atoms with van der Waals surface area (Å²) in [5, 5.41) is 3.58. The maximum Gasteiger partial charge on any atom is 0.362 e. The number of quaternary nitrogens is 1. The van der Waals surface area contributed by atoms with Crippen molar-refractivity contribution in [2.45, 2.75) is 32.9 Å². The molecule has 4 rings (SSSR count). The molecular formula is C30H37N4O2+. The second-order valence-electron chi connectivity index (χ2n) is 10.6. The van der Waals surface area contributed by atoms with Crippen molar-refractivity contribution < 1.29 is 14.0 Å². The number of carbonyl (C=O) groups excluding carboxylic acids is 1. The van der Waals surface area contributed by atoms with Gasteiger partial charge in [0.2, 0.25) is 0 Å². The Kier molecular flexibility index (Phi) is 7.75. The summed E-state index contributed by atoms with van der Waals surface area (Å²) in [4.78, 5) is 15.3. The van der Waals surface area contributed by atoms with Gasteiger partial charge in [-0.15, -0.1) is 0 Å². The van der Waals surface area contributed by atoms with Crippen molar-refractivity contribution in [3.63, 3.8) is 0 Å². The maximum absolute atomic E-state index is 12.8. The Hall–Kier alpha value is -3.64. The van der Waals surface area contributed by atoms with Crippen LogP contribution in [-0.4, -0.2) is 55.0 Å². The molecule has 3 aromatic rings. The van der Waals surface area contributed by atoms with Crippen LogP contribution in [0.5, 0.6) is 0 Å². The van der Waals surface area contributed by atoms with Crippen molar-refractivity contribution >= 4 is 17.9 Å². The maximum atomic E-state index is 12.8. The normalized spacial score (nSPS) is 15.7. The van der Waals surface area contributed by atoms with Crippen LogP contribution in [0.25, 0.3) is 11.1 Å². The molecular weight excluding hydrogens is 448 g/mol. The predicted octanol–water partition coefficient (Wildman–Crippen LogP) is 4.82. The molecule has 0 unspecified atom stereocenters. The van der Waals surface area contributed by atoms with E-state index in [9.17, 15) is 4.79 Å². The van der Waals surface area contributed by atoms with Gasteiger partial charge in [-0.25, -0.2) is 4.79 Å². The number of hydrogen-bond acceptors (Lipinski definition) is 5. The summed E-state index contributed by atoms with van der Waals surface area (Å²) in [6.45, 7) is 10.6. The highest BCUT2D eigenvalue weighted by Crippen LogP contribution is 2.27. The number of nitrogens with zero attached hydrogens (tertiary/aromatic N) is 3. The van der Waals surface area contributed by atoms with E-state index in [4.69, 9.17) is 10.6 Å². The van der Waals surface area contributed by atoms with Crippen molar-refractivity contribution in [1.29, 1.82) is 0 Å². The van der Waals surface area contributed by atoms with E-state index in [2.05, 4.69) is 70.7 Å². The average molecular weight is 486 g/mol. The number of carbonyl (C=O) groups is 1. The minimum atomic E-state index is -0.476. The van der Waals surface area contributed by atoms with Gasteiger partial charge in [0.1, 0.15) is 12.1 Å². The van der Waals surface area contributed by atoms with Crippen LogP contribution >= 0.6 is 0 Å². The molecule has 0 radical (unpaired) electrons. The zero-order chi connectivity index (χ0) is 25.6. The van der Waals surface area contributed by atoms with E-state index < -0.39 is 5.60 Å². The molecule has 6 nitrogen and oxygen atoms in total. The lowest BCUT2D eigenvalue weighted by atomic mass is 10.0. The van der Waals surface area contributed by atoms with E-state index in [0.29, 0.717) is 11.0 Å². The number of hydrogen-bond donors (Lipinski definition) is 1. The molecule has 1 heterocycles. The van der Waals surface area contributed by atoms with Crippen LogP contribution in [0.1, 0.15) is 31.9 Å². The lowest BCUT2D eigenvalue weighted by Crippen LogP contribution is -2.61. The summed E-state index contributed by atoms with van der Waals surface area (Å²) >= 11 is 0. The van der Waals surface area contributed by atoms with Gasteiger partial charge in [0.25, 0.3) is 0 Å². The fourth-order valence-electron chi connectivity index (χ4n) is 4.85. The molecule has 1 saturated heterocycles. The average Bonchev–Trinajstić information content (AvgIpc) is 2.85. The van der Waals surface area contributed by atoms with Crippen LogP contribution in [0, 0.1) is 0 Å². The third kappa shape index (κ3) is 6.73. The molecule has 0 atom stereocenters. The third-order valence-electron chi connectivity index (χ3n) is 6.63. The zero-order valence-corrected chi connectivity index (χ0v) is 21.6. The summed E-state index contributed by atoms with van der Waals surface area (Å²) in [7, 11) is 0. The zero-order valence-electron chi connectivity index (χ0n) is 21.6. The fraction of sp³-hybridized carbons (Fsp3) is 0.333. The van der Waals surface area contributed by atoms with Crippen LogP contribution in [0.3, 0.4) is 0 Å². The number of ether oxygens (including phenoxy) is 1. The highest BCUT2D eigenvalue weighted by Gasteiger charge is 2.37. The summed E-state index contributed by atoms with van der Waals surface area (Å²) in [5.41, 5.74) is 5.30. The van der Waals surface area contributed by atoms with Crippen LogP contribution in [0.15, 0.2) is 84.0 Å². The van der Waals surface area contributed by atoms with Crippen LogP contribution in [0.4, 0.5) is 5.69 Å². The van der Waals surface area contributed by atoms with Gasteiger partial charge in [-0.05, 0) is 49.6 Å². The molecule has 0 amide bonds. The van der Waals surface area contributed by atoms with Gasteiger partial charge in [-0.1, -0.05) is 66.7 Å². The Morgan fingerprint density at radius 1 is 0.944 bits per heavy atom. The topological polar surface area (TPSA) is 67.9 Å². The van der Waals surface area contributed by atoms with Crippen LogP contribution < -0.4 is 10.7 Å².